The molecule has 1 aliphatic rings. The number of fused-ring (bicyclic) bond motifs is 1. The van der Waals surface area contributed by atoms with Crippen molar-refractivity contribution in [3.8, 4) is 0 Å². The Morgan fingerprint density at radius 1 is 0.905 bits per heavy atom. The molecule has 0 bridgehead atoms. The maximum atomic E-state index is 13.0. The fraction of sp³-hybridized carbons (Fsp3) is 0.222. The van der Waals surface area contributed by atoms with Crippen LogP contribution in [-0.4, -0.2) is 11.6 Å². The lowest BCUT2D eigenvalue weighted by Crippen LogP contribution is -2.38. The Morgan fingerprint density at radius 2 is 1.43 bits per heavy atom. The van der Waals surface area contributed by atoms with Gasteiger partial charge in [0.25, 0.3) is 0 Å². The van der Waals surface area contributed by atoms with Crippen molar-refractivity contribution in [2.75, 3.05) is 0 Å². The Bertz CT molecular complexity index is 681. The van der Waals surface area contributed by atoms with Crippen molar-refractivity contribution < 1.29 is 9.59 Å². The summed E-state index contributed by atoms with van der Waals surface area (Å²) < 4.78 is 0.938. The van der Waals surface area contributed by atoms with Gasteiger partial charge in [-0.05, 0) is 24.1 Å². The van der Waals surface area contributed by atoms with E-state index in [-0.39, 0.29) is 11.6 Å². The summed E-state index contributed by atoms with van der Waals surface area (Å²) >= 11 is 3.40. The van der Waals surface area contributed by atoms with Crippen LogP contribution >= 0.6 is 15.9 Å². The summed E-state index contributed by atoms with van der Waals surface area (Å²) in [7, 11) is 0. The highest BCUT2D eigenvalue weighted by atomic mass is 79.9. The van der Waals surface area contributed by atoms with Crippen LogP contribution in [0.2, 0.25) is 0 Å². The van der Waals surface area contributed by atoms with E-state index < -0.39 is 5.41 Å². The van der Waals surface area contributed by atoms with Gasteiger partial charge in [-0.1, -0.05) is 65.7 Å². The van der Waals surface area contributed by atoms with E-state index in [4.69, 9.17) is 0 Å². The van der Waals surface area contributed by atoms with Crippen LogP contribution in [0.15, 0.2) is 53.0 Å². The van der Waals surface area contributed by atoms with E-state index in [2.05, 4.69) is 15.9 Å². The van der Waals surface area contributed by atoms with Gasteiger partial charge < -0.3 is 0 Å². The first-order valence-electron chi connectivity index (χ1n) is 7.06. The molecule has 3 rings (SSSR count). The predicted molar refractivity (Wildman–Crippen MR) is 85.8 cm³/mol. The number of hydrogen-bond acceptors (Lipinski definition) is 2. The van der Waals surface area contributed by atoms with Gasteiger partial charge >= 0.3 is 0 Å². The summed E-state index contributed by atoms with van der Waals surface area (Å²) in [6.45, 7) is 2.00. The normalized spacial score (nSPS) is 16.1. The molecular weight excluding hydrogens is 328 g/mol. The summed E-state index contributed by atoms with van der Waals surface area (Å²) in [6, 6.07) is 14.7. The molecule has 0 aliphatic heterocycles. The van der Waals surface area contributed by atoms with E-state index in [1.807, 2.05) is 43.3 Å². The molecule has 0 N–H and O–H groups in total. The van der Waals surface area contributed by atoms with Gasteiger partial charge in [0.2, 0.25) is 0 Å². The molecule has 106 valence electrons. The number of carbonyl (C=O) groups excluding carboxylic acids is 2. The third kappa shape index (κ3) is 1.99. The van der Waals surface area contributed by atoms with Crippen molar-refractivity contribution in [1.82, 2.24) is 0 Å². The second kappa shape index (κ2) is 5.23. The van der Waals surface area contributed by atoms with E-state index in [1.54, 1.807) is 12.1 Å². The molecule has 0 fully saturated rings. The molecule has 0 radical (unpaired) electrons. The minimum absolute atomic E-state index is 0.0627. The number of Topliss-reactive ketones (excluding diaryl/α,β-unsaturated/α-hetero) is 2. The topological polar surface area (TPSA) is 34.1 Å². The van der Waals surface area contributed by atoms with Gasteiger partial charge in [0, 0.05) is 15.6 Å². The van der Waals surface area contributed by atoms with Gasteiger partial charge in [-0.3, -0.25) is 9.59 Å². The summed E-state index contributed by atoms with van der Waals surface area (Å²) in [6.07, 6.45) is 1.32. The van der Waals surface area contributed by atoms with E-state index in [1.165, 1.54) is 0 Å². The summed E-state index contributed by atoms with van der Waals surface area (Å²) in [5, 5.41) is 0. The zero-order valence-electron chi connectivity index (χ0n) is 11.7. The van der Waals surface area contributed by atoms with Crippen LogP contribution in [-0.2, 0) is 5.41 Å². The second-order valence-electron chi connectivity index (χ2n) is 5.37. The SMILES string of the molecule is CCCC1(c2ccc(Br)cc2)C(=O)c2ccccc2C1=O. The molecule has 0 unspecified atom stereocenters. The molecule has 0 amide bonds. The zero-order chi connectivity index (χ0) is 15.0. The average molecular weight is 343 g/mol. The lowest BCUT2D eigenvalue weighted by atomic mass is 9.73. The molecule has 2 aromatic carbocycles. The minimum Gasteiger partial charge on any atom is -0.293 e. The number of hydrogen-bond donors (Lipinski definition) is 0. The van der Waals surface area contributed by atoms with Gasteiger partial charge in [-0.15, -0.1) is 0 Å². The van der Waals surface area contributed by atoms with Gasteiger partial charge in [0.1, 0.15) is 5.41 Å². The van der Waals surface area contributed by atoms with Crippen LogP contribution in [0.25, 0.3) is 0 Å². The average Bonchev–Trinajstić information content (AvgIpc) is 2.72. The number of ketones is 2. The van der Waals surface area contributed by atoms with Crippen molar-refractivity contribution in [3.05, 3.63) is 69.7 Å². The monoisotopic (exact) mass is 342 g/mol. The fourth-order valence-corrected chi connectivity index (χ4v) is 3.45. The first kappa shape index (κ1) is 14.2. The lowest BCUT2D eigenvalue weighted by Gasteiger charge is -2.26. The molecule has 3 heteroatoms. The Kier molecular flexibility index (Phi) is 3.54. The van der Waals surface area contributed by atoms with Gasteiger partial charge in [0.15, 0.2) is 11.6 Å². The highest BCUT2D eigenvalue weighted by molar-refractivity contribution is 9.10. The number of halogens is 1. The van der Waals surface area contributed by atoms with E-state index >= 15 is 0 Å². The number of rotatable bonds is 3. The Labute approximate surface area is 132 Å². The molecule has 2 aromatic rings. The Balaban J connectivity index is 2.22. The van der Waals surface area contributed by atoms with Crippen LogP contribution in [0.3, 0.4) is 0 Å². The van der Waals surface area contributed by atoms with Crippen molar-refractivity contribution in [2.45, 2.75) is 25.2 Å². The first-order valence-corrected chi connectivity index (χ1v) is 7.85. The lowest BCUT2D eigenvalue weighted by molar-refractivity contribution is 0.0783. The predicted octanol–water partition coefficient (Wildman–Crippen LogP) is 4.57. The molecule has 0 aromatic heterocycles. The number of benzene rings is 2. The minimum atomic E-state index is -1.04. The van der Waals surface area contributed by atoms with Crippen molar-refractivity contribution >= 4 is 27.5 Å². The summed E-state index contributed by atoms with van der Waals surface area (Å²) in [4.78, 5) is 25.9. The first-order chi connectivity index (χ1) is 10.1. The molecule has 0 saturated heterocycles. The molecule has 0 saturated carbocycles. The Morgan fingerprint density at radius 3 is 1.90 bits per heavy atom. The molecule has 0 atom stereocenters. The highest BCUT2D eigenvalue weighted by Gasteiger charge is 2.53. The number of carbonyl (C=O) groups is 2. The summed E-state index contributed by atoms with van der Waals surface area (Å²) in [5.74, 6) is -0.125. The maximum Gasteiger partial charge on any atom is 0.181 e. The molecule has 1 aliphatic carbocycles. The summed E-state index contributed by atoms with van der Waals surface area (Å²) in [5.41, 5.74) is 0.857. The highest BCUT2D eigenvalue weighted by Crippen LogP contribution is 2.43. The third-order valence-corrected chi connectivity index (χ3v) is 4.68. The smallest absolute Gasteiger partial charge is 0.181 e. The zero-order valence-corrected chi connectivity index (χ0v) is 13.3. The van der Waals surface area contributed by atoms with Crippen LogP contribution in [0, 0.1) is 0 Å². The molecule has 21 heavy (non-hydrogen) atoms. The van der Waals surface area contributed by atoms with E-state index in [0.29, 0.717) is 17.5 Å². The third-order valence-electron chi connectivity index (χ3n) is 4.15. The van der Waals surface area contributed by atoms with Crippen LogP contribution in [0.4, 0.5) is 0 Å². The molecule has 0 heterocycles. The standard InChI is InChI=1S/C18H15BrO2/c1-2-11-18(12-7-9-13(19)10-8-12)16(20)14-5-3-4-6-15(14)17(18)21/h3-10H,2,11H2,1H3. The van der Waals surface area contributed by atoms with Gasteiger partial charge in [-0.2, -0.15) is 0 Å². The Hall–Kier alpha value is -1.74. The van der Waals surface area contributed by atoms with Crippen LogP contribution in [0.5, 0.6) is 0 Å². The molecular formula is C18H15BrO2. The van der Waals surface area contributed by atoms with E-state index in [9.17, 15) is 9.59 Å². The fourth-order valence-electron chi connectivity index (χ4n) is 3.19. The molecule has 2 nitrogen and oxygen atoms in total. The van der Waals surface area contributed by atoms with Crippen LogP contribution in [0.1, 0.15) is 46.0 Å². The largest absolute Gasteiger partial charge is 0.293 e. The quantitative estimate of drug-likeness (QED) is 0.766. The second-order valence-corrected chi connectivity index (χ2v) is 6.28. The van der Waals surface area contributed by atoms with Gasteiger partial charge in [0.05, 0.1) is 0 Å². The van der Waals surface area contributed by atoms with Gasteiger partial charge in [-0.25, -0.2) is 0 Å². The van der Waals surface area contributed by atoms with E-state index in [0.717, 1.165) is 16.5 Å². The van der Waals surface area contributed by atoms with Crippen molar-refractivity contribution in [3.63, 3.8) is 0 Å². The van der Waals surface area contributed by atoms with Crippen molar-refractivity contribution in [2.24, 2.45) is 0 Å². The van der Waals surface area contributed by atoms with Crippen molar-refractivity contribution in [1.29, 1.82) is 0 Å². The van der Waals surface area contributed by atoms with Crippen LogP contribution < -0.4 is 0 Å². The maximum absolute atomic E-state index is 13.0. The molecule has 0 spiro atoms.